The molecule has 0 aliphatic carbocycles. The van der Waals surface area contributed by atoms with Crippen LogP contribution < -0.4 is 20.9 Å². The summed E-state index contributed by atoms with van der Waals surface area (Å²) < 4.78 is 5.56. The van der Waals surface area contributed by atoms with Crippen molar-refractivity contribution in [1.82, 2.24) is 16.2 Å². The van der Waals surface area contributed by atoms with Gasteiger partial charge >= 0.3 is 0 Å². The van der Waals surface area contributed by atoms with Crippen LogP contribution in [0.5, 0.6) is 5.75 Å². The molecule has 2 rings (SSSR count). The number of rotatable bonds is 5. The first-order chi connectivity index (χ1) is 8.76. The molecule has 0 bridgehead atoms. The van der Waals surface area contributed by atoms with E-state index in [0.717, 1.165) is 12.3 Å². The fourth-order valence-electron chi connectivity index (χ4n) is 2.55. The third-order valence-electron chi connectivity index (χ3n) is 3.50. The van der Waals surface area contributed by atoms with Gasteiger partial charge < -0.3 is 10.1 Å². The van der Waals surface area contributed by atoms with E-state index in [9.17, 15) is 0 Å². The number of benzene rings is 1. The van der Waals surface area contributed by atoms with Crippen LogP contribution in [0.2, 0.25) is 0 Å². The van der Waals surface area contributed by atoms with Gasteiger partial charge in [-0.1, -0.05) is 12.1 Å². The lowest BCUT2D eigenvalue weighted by Crippen LogP contribution is -2.31. The summed E-state index contributed by atoms with van der Waals surface area (Å²) in [5, 5.41) is 3.27. The SMILES string of the molecule is CCOc1cccc(C2NNC(C)C2CNC)c1. The van der Waals surface area contributed by atoms with E-state index in [1.807, 2.05) is 20.0 Å². The molecular formula is C14H23N3O. The summed E-state index contributed by atoms with van der Waals surface area (Å²) >= 11 is 0. The van der Waals surface area contributed by atoms with E-state index in [0.29, 0.717) is 24.6 Å². The minimum Gasteiger partial charge on any atom is -0.494 e. The molecule has 3 atom stereocenters. The fraction of sp³-hybridized carbons (Fsp3) is 0.571. The number of nitrogens with one attached hydrogen (secondary N) is 3. The van der Waals surface area contributed by atoms with Gasteiger partial charge in [0.15, 0.2) is 0 Å². The molecule has 0 amide bonds. The Balaban J connectivity index is 2.16. The van der Waals surface area contributed by atoms with Gasteiger partial charge in [-0.3, -0.25) is 5.43 Å². The molecule has 0 radical (unpaired) electrons. The summed E-state index contributed by atoms with van der Waals surface area (Å²) in [4.78, 5) is 0. The van der Waals surface area contributed by atoms with Crippen LogP contribution in [0.15, 0.2) is 24.3 Å². The van der Waals surface area contributed by atoms with Crippen molar-refractivity contribution in [3.05, 3.63) is 29.8 Å². The maximum absolute atomic E-state index is 5.56. The van der Waals surface area contributed by atoms with Gasteiger partial charge in [0, 0.05) is 18.5 Å². The highest BCUT2D eigenvalue weighted by Crippen LogP contribution is 2.30. The first-order valence-electron chi connectivity index (χ1n) is 6.64. The first-order valence-corrected chi connectivity index (χ1v) is 6.64. The number of hydrogen-bond acceptors (Lipinski definition) is 4. The summed E-state index contributed by atoms with van der Waals surface area (Å²) in [5.74, 6) is 1.48. The molecule has 1 aliphatic rings. The lowest BCUT2D eigenvalue weighted by molar-refractivity contribution is 0.338. The second kappa shape index (κ2) is 6.18. The Kier molecular flexibility index (Phi) is 4.58. The Morgan fingerprint density at radius 1 is 1.33 bits per heavy atom. The third kappa shape index (κ3) is 2.83. The van der Waals surface area contributed by atoms with Crippen molar-refractivity contribution in [3.63, 3.8) is 0 Å². The first kappa shape index (κ1) is 13.3. The number of hydrazine groups is 1. The van der Waals surface area contributed by atoms with Gasteiger partial charge in [0.25, 0.3) is 0 Å². The Bertz CT molecular complexity index is 383. The van der Waals surface area contributed by atoms with E-state index in [4.69, 9.17) is 4.74 Å². The van der Waals surface area contributed by atoms with Gasteiger partial charge in [-0.05, 0) is 38.6 Å². The van der Waals surface area contributed by atoms with Crippen LogP contribution in [0.1, 0.15) is 25.5 Å². The molecule has 4 nitrogen and oxygen atoms in total. The molecule has 1 aromatic carbocycles. The largest absolute Gasteiger partial charge is 0.494 e. The van der Waals surface area contributed by atoms with E-state index >= 15 is 0 Å². The van der Waals surface area contributed by atoms with Crippen molar-refractivity contribution in [2.45, 2.75) is 25.9 Å². The van der Waals surface area contributed by atoms with Gasteiger partial charge in [0.1, 0.15) is 5.75 Å². The minimum atomic E-state index is 0.327. The predicted octanol–water partition coefficient (Wildman–Crippen LogP) is 1.46. The maximum atomic E-state index is 5.56. The quantitative estimate of drug-likeness (QED) is 0.739. The molecule has 1 aromatic rings. The summed E-state index contributed by atoms with van der Waals surface area (Å²) in [5.41, 5.74) is 7.98. The molecule has 0 saturated carbocycles. The normalized spacial score (nSPS) is 27.4. The van der Waals surface area contributed by atoms with Crippen LogP contribution in [0, 0.1) is 5.92 Å². The van der Waals surface area contributed by atoms with Crippen molar-refractivity contribution in [3.8, 4) is 5.75 Å². The molecular weight excluding hydrogens is 226 g/mol. The van der Waals surface area contributed by atoms with Crippen LogP contribution in [0.25, 0.3) is 0 Å². The fourth-order valence-corrected chi connectivity index (χ4v) is 2.55. The van der Waals surface area contributed by atoms with Gasteiger partial charge in [-0.15, -0.1) is 0 Å². The molecule has 3 N–H and O–H groups in total. The van der Waals surface area contributed by atoms with Crippen molar-refractivity contribution >= 4 is 0 Å². The lowest BCUT2D eigenvalue weighted by Gasteiger charge is -2.21. The Hall–Kier alpha value is -1.10. The molecule has 18 heavy (non-hydrogen) atoms. The molecule has 1 aliphatic heterocycles. The van der Waals surface area contributed by atoms with E-state index < -0.39 is 0 Å². The standard InChI is InChI=1S/C14H23N3O/c1-4-18-12-7-5-6-11(8-12)14-13(9-15-3)10(2)16-17-14/h5-8,10,13-17H,4,9H2,1-3H3. The third-order valence-corrected chi connectivity index (χ3v) is 3.50. The zero-order valence-electron chi connectivity index (χ0n) is 11.4. The molecule has 3 unspecified atom stereocenters. The molecule has 1 heterocycles. The average molecular weight is 249 g/mol. The van der Waals surface area contributed by atoms with Gasteiger partial charge in [0.2, 0.25) is 0 Å². The Morgan fingerprint density at radius 3 is 2.89 bits per heavy atom. The van der Waals surface area contributed by atoms with Crippen LogP contribution in [-0.4, -0.2) is 26.2 Å². The lowest BCUT2D eigenvalue weighted by atomic mass is 9.90. The smallest absolute Gasteiger partial charge is 0.119 e. The monoisotopic (exact) mass is 249 g/mol. The summed E-state index contributed by atoms with van der Waals surface area (Å²) in [6.45, 7) is 5.91. The highest BCUT2D eigenvalue weighted by molar-refractivity contribution is 5.31. The van der Waals surface area contributed by atoms with E-state index in [1.165, 1.54) is 5.56 Å². The van der Waals surface area contributed by atoms with Gasteiger partial charge in [0.05, 0.1) is 12.6 Å². The minimum absolute atomic E-state index is 0.327. The van der Waals surface area contributed by atoms with Crippen LogP contribution in [0.3, 0.4) is 0 Å². The second-order valence-electron chi connectivity index (χ2n) is 4.78. The zero-order chi connectivity index (χ0) is 13.0. The molecule has 100 valence electrons. The second-order valence-corrected chi connectivity index (χ2v) is 4.78. The topological polar surface area (TPSA) is 45.3 Å². The van der Waals surface area contributed by atoms with Crippen molar-refractivity contribution < 1.29 is 4.74 Å². The maximum Gasteiger partial charge on any atom is 0.119 e. The van der Waals surface area contributed by atoms with Gasteiger partial charge in [-0.25, -0.2) is 5.43 Å². The average Bonchev–Trinajstić information content (AvgIpc) is 2.73. The summed E-state index contributed by atoms with van der Waals surface area (Å²) in [6, 6.07) is 9.13. The number of hydrogen-bond donors (Lipinski definition) is 3. The molecule has 1 fully saturated rings. The zero-order valence-corrected chi connectivity index (χ0v) is 11.4. The van der Waals surface area contributed by atoms with E-state index in [1.54, 1.807) is 0 Å². The van der Waals surface area contributed by atoms with E-state index in [2.05, 4.69) is 41.3 Å². The molecule has 4 heteroatoms. The molecule has 0 spiro atoms. The van der Waals surface area contributed by atoms with Crippen molar-refractivity contribution in [2.24, 2.45) is 5.92 Å². The van der Waals surface area contributed by atoms with Crippen LogP contribution in [-0.2, 0) is 0 Å². The number of ether oxygens (including phenoxy) is 1. The highest BCUT2D eigenvalue weighted by atomic mass is 16.5. The van der Waals surface area contributed by atoms with Crippen molar-refractivity contribution in [1.29, 1.82) is 0 Å². The Morgan fingerprint density at radius 2 is 2.17 bits per heavy atom. The van der Waals surface area contributed by atoms with Crippen molar-refractivity contribution in [2.75, 3.05) is 20.2 Å². The van der Waals surface area contributed by atoms with Crippen LogP contribution in [0.4, 0.5) is 0 Å². The molecule has 0 aromatic heterocycles. The van der Waals surface area contributed by atoms with Gasteiger partial charge in [-0.2, -0.15) is 0 Å². The Labute approximate surface area is 109 Å². The molecule has 1 saturated heterocycles. The summed E-state index contributed by atoms with van der Waals surface area (Å²) in [7, 11) is 2.00. The summed E-state index contributed by atoms with van der Waals surface area (Å²) in [6.07, 6.45) is 0. The van der Waals surface area contributed by atoms with Crippen LogP contribution >= 0.6 is 0 Å². The van der Waals surface area contributed by atoms with E-state index in [-0.39, 0.29) is 0 Å². The highest BCUT2D eigenvalue weighted by Gasteiger charge is 2.33. The predicted molar refractivity (Wildman–Crippen MR) is 73.5 cm³/mol.